The fourth-order valence-electron chi connectivity index (χ4n) is 1.92. The number of furan rings is 1. The van der Waals surface area contributed by atoms with E-state index in [4.69, 9.17) is 10.2 Å². The largest absolute Gasteiger partial charge is 0.465 e. The number of nitrogens with zero attached hydrogens (tertiary/aromatic N) is 1. The van der Waals surface area contributed by atoms with Gasteiger partial charge in [0.05, 0.1) is 6.54 Å². The summed E-state index contributed by atoms with van der Waals surface area (Å²) >= 11 is 0. The van der Waals surface area contributed by atoms with Gasteiger partial charge in [-0.15, -0.1) is 0 Å². The normalized spacial score (nSPS) is 17.2. The molecule has 1 aliphatic rings. The highest BCUT2D eigenvalue weighted by molar-refractivity contribution is 5.20. The molecule has 0 saturated carbocycles. The van der Waals surface area contributed by atoms with Crippen molar-refractivity contribution in [3.8, 4) is 0 Å². The van der Waals surface area contributed by atoms with E-state index < -0.39 is 0 Å². The van der Waals surface area contributed by atoms with Crippen molar-refractivity contribution in [2.24, 2.45) is 5.73 Å². The lowest BCUT2D eigenvalue weighted by Gasteiger charge is -2.21. The zero-order valence-corrected chi connectivity index (χ0v) is 9.20. The van der Waals surface area contributed by atoms with Gasteiger partial charge in [0, 0.05) is 25.2 Å². The SMILES string of the molecule is Cc1oc(CN2CC=CCC2)cc1CN. The Morgan fingerprint density at radius 1 is 1.47 bits per heavy atom. The Balaban J connectivity index is 2.00. The number of rotatable bonds is 3. The van der Waals surface area contributed by atoms with Crippen molar-refractivity contribution in [1.82, 2.24) is 4.90 Å². The van der Waals surface area contributed by atoms with Crippen LogP contribution in [0.25, 0.3) is 0 Å². The molecule has 3 heteroatoms. The van der Waals surface area contributed by atoms with Gasteiger partial charge >= 0.3 is 0 Å². The highest BCUT2D eigenvalue weighted by atomic mass is 16.3. The van der Waals surface area contributed by atoms with E-state index in [0.717, 1.165) is 43.1 Å². The first-order valence-electron chi connectivity index (χ1n) is 5.45. The molecule has 3 nitrogen and oxygen atoms in total. The number of hydrogen-bond donors (Lipinski definition) is 1. The lowest BCUT2D eigenvalue weighted by Crippen LogP contribution is -2.26. The molecule has 1 aromatic heterocycles. The molecule has 15 heavy (non-hydrogen) atoms. The second-order valence-corrected chi connectivity index (χ2v) is 3.99. The van der Waals surface area contributed by atoms with Crippen molar-refractivity contribution in [1.29, 1.82) is 0 Å². The molecule has 0 fully saturated rings. The summed E-state index contributed by atoms with van der Waals surface area (Å²) in [6.07, 6.45) is 5.59. The van der Waals surface area contributed by atoms with Crippen molar-refractivity contribution in [3.63, 3.8) is 0 Å². The van der Waals surface area contributed by atoms with Gasteiger partial charge in [-0.1, -0.05) is 12.2 Å². The van der Waals surface area contributed by atoms with Crippen LogP contribution in [0.2, 0.25) is 0 Å². The van der Waals surface area contributed by atoms with E-state index in [1.54, 1.807) is 0 Å². The summed E-state index contributed by atoms with van der Waals surface area (Å²) in [4.78, 5) is 2.37. The Morgan fingerprint density at radius 3 is 2.93 bits per heavy atom. The van der Waals surface area contributed by atoms with Crippen LogP contribution in [0.15, 0.2) is 22.6 Å². The zero-order chi connectivity index (χ0) is 10.7. The Kier molecular flexibility index (Phi) is 3.23. The fourth-order valence-corrected chi connectivity index (χ4v) is 1.92. The molecule has 2 N–H and O–H groups in total. The second kappa shape index (κ2) is 4.64. The first-order valence-corrected chi connectivity index (χ1v) is 5.45. The molecule has 0 amide bonds. The Bertz CT molecular complexity index is 355. The third-order valence-electron chi connectivity index (χ3n) is 2.81. The van der Waals surface area contributed by atoms with Crippen LogP contribution >= 0.6 is 0 Å². The highest BCUT2D eigenvalue weighted by Gasteiger charge is 2.11. The summed E-state index contributed by atoms with van der Waals surface area (Å²) in [7, 11) is 0. The predicted molar refractivity (Wildman–Crippen MR) is 60.4 cm³/mol. The third-order valence-corrected chi connectivity index (χ3v) is 2.81. The quantitative estimate of drug-likeness (QED) is 0.767. The van der Waals surface area contributed by atoms with E-state index >= 15 is 0 Å². The molecule has 82 valence electrons. The Morgan fingerprint density at radius 2 is 2.33 bits per heavy atom. The molecule has 0 atom stereocenters. The van der Waals surface area contributed by atoms with E-state index in [1.807, 2.05) is 6.92 Å². The molecule has 0 radical (unpaired) electrons. The third kappa shape index (κ3) is 2.49. The molecular weight excluding hydrogens is 188 g/mol. The van der Waals surface area contributed by atoms with Crippen molar-refractivity contribution >= 4 is 0 Å². The molecule has 0 saturated heterocycles. The second-order valence-electron chi connectivity index (χ2n) is 3.99. The van der Waals surface area contributed by atoms with Crippen LogP contribution in [0.4, 0.5) is 0 Å². The van der Waals surface area contributed by atoms with Crippen molar-refractivity contribution in [2.75, 3.05) is 13.1 Å². The van der Waals surface area contributed by atoms with Gasteiger partial charge in [-0.2, -0.15) is 0 Å². The molecule has 0 bridgehead atoms. The van der Waals surface area contributed by atoms with Gasteiger partial charge in [0.2, 0.25) is 0 Å². The van der Waals surface area contributed by atoms with E-state index in [-0.39, 0.29) is 0 Å². The van der Waals surface area contributed by atoms with Gasteiger partial charge in [-0.05, 0) is 19.4 Å². The fraction of sp³-hybridized carbons (Fsp3) is 0.500. The summed E-state index contributed by atoms with van der Waals surface area (Å²) < 4.78 is 5.66. The van der Waals surface area contributed by atoms with Crippen LogP contribution in [-0.4, -0.2) is 18.0 Å². The van der Waals surface area contributed by atoms with E-state index in [0.29, 0.717) is 6.54 Å². The number of hydrogen-bond acceptors (Lipinski definition) is 3. The Hall–Kier alpha value is -1.06. The standard InChI is InChI=1S/C12H18N2O/c1-10-11(8-13)7-12(15-10)9-14-5-3-2-4-6-14/h2-3,7H,4-6,8-9,13H2,1H3. The highest BCUT2D eigenvalue weighted by Crippen LogP contribution is 2.16. The van der Waals surface area contributed by atoms with Crippen molar-refractivity contribution in [2.45, 2.75) is 26.4 Å². The number of aryl methyl sites for hydroxylation is 1. The molecule has 1 aromatic rings. The molecule has 0 spiro atoms. The smallest absolute Gasteiger partial charge is 0.118 e. The molecule has 2 rings (SSSR count). The maximum atomic E-state index is 5.66. The average Bonchev–Trinajstić information content (AvgIpc) is 2.60. The first-order chi connectivity index (χ1) is 7.29. The molecule has 0 aromatic carbocycles. The van der Waals surface area contributed by atoms with Crippen LogP contribution in [-0.2, 0) is 13.1 Å². The summed E-state index contributed by atoms with van der Waals surface area (Å²) in [5, 5.41) is 0. The lowest BCUT2D eigenvalue weighted by molar-refractivity contribution is 0.263. The van der Waals surface area contributed by atoms with Crippen LogP contribution in [0.1, 0.15) is 23.5 Å². The summed E-state index contributed by atoms with van der Waals surface area (Å²) in [5.74, 6) is 1.99. The van der Waals surface area contributed by atoms with E-state index in [2.05, 4.69) is 23.1 Å². The maximum Gasteiger partial charge on any atom is 0.118 e. The Labute approximate surface area is 90.5 Å². The average molecular weight is 206 g/mol. The maximum absolute atomic E-state index is 5.66. The first kappa shape index (κ1) is 10.5. The van der Waals surface area contributed by atoms with Gasteiger partial charge in [0.1, 0.15) is 11.5 Å². The summed E-state index contributed by atoms with van der Waals surface area (Å²) in [5.41, 5.74) is 6.74. The van der Waals surface area contributed by atoms with Crippen LogP contribution in [0.5, 0.6) is 0 Å². The van der Waals surface area contributed by atoms with Crippen LogP contribution < -0.4 is 5.73 Å². The lowest BCUT2D eigenvalue weighted by atomic mass is 10.2. The summed E-state index contributed by atoms with van der Waals surface area (Å²) in [6.45, 7) is 5.58. The minimum atomic E-state index is 0.565. The topological polar surface area (TPSA) is 42.4 Å². The van der Waals surface area contributed by atoms with Gasteiger partial charge in [-0.3, -0.25) is 4.90 Å². The van der Waals surface area contributed by atoms with Crippen molar-refractivity contribution in [3.05, 3.63) is 35.3 Å². The van der Waals surface area contributed by atoms with E-state index in [1.165, 1.54) is 0 Å². The van der Waals surface area contributed by atoms with Crippen LogP contribution in [0, 0.1) is 6.92 Å². The predicted octanol–water partition coefficient (Wildman–Crippen LogP) is 1.81. The molecule has 0 unspecified atom stereocenters. The van der Waals surface area contributed by atoms with Gasteiger partial charge < -0.3 is 10.2 Å². The monoisotopic (exact) mass is 206 g/mol. The number of nitrogens with two attached hydrogens (primary N) is 1. The molecule has 0 aliphatic carbocycles. The van der Waals surface area contributed by atoms with Crippen LogP contribution in [0.3, 0.4) is 0 Å². The minimum Gasteiger partial charge on any atom is -0.465 e. The molecule has 2 heterocycles. The minimum absolute atomic E-state index is 0.565. The van der Waals surface area contributed by atoms with Gasteiger partial charge in [0.25, 0.3) is 0 Å². The summed E-state index contributed by atoms with van der Waals surface area (Å²) in [6, 6.07) is 2.08. The molecular formula is C12H18N2O. The van der Waals surface area contributed by atoms with Gasteiger partial charge in [0.15, 0.2) is 0 Å². The zero-order valence-electron chi connectivity index (χ0n) is 9.20. The van der Waals surface area contributed by atoms with Crippen molar-refractivity contribution < 1.29 is 4.42 Å². The van der Waals surface area contributed by atoms with E-state index in [9.17, 15) is 0 Å². The van der Waals surface area contributed by atoms with Gasteiger partial charge in [-0.25, -0.2) is 0 Å². The molecule has 1 aliphatic heterocycles.